The molecule has 2 aliphatic rings. The molecule has 5 nitrogen and oxygen atoms in total. The van der Waals surface area contributed by atoms with Crippen LogP contribution in [0.15, 0.2) is 60.8 Å². The number of ether oxygens (including phenoxy) is 1. The number of morpholine rings is 1. The zero-order chi connectivity index (χ0) is 19.7. The standard InChI is InChI=1S/C24H25N3O2/c28-23(26-14-11-20-7-3-6-19-8-4-13-25-22(19)20)27-15-16-29-24(17-27)12-10-18-5-1-2-9-21(18)24/h1-9,13H,10-12,14-17H2,(H,26,28). The van der Waals surface area contributed by atoms with Crippen LogP contribution in [0.4, 0.5) is 4.79 Å². The van der Waals surface area contributed by atoms with Gasteiger partial charge in [-0.1, -0.05) is 48.5 Å². The SMILES string of the molecule is O=C(NCCc1cccc2cccnc12)N1CCOC2(CCc3ccccc32)C1. The van der Waals surface area contributed by atoms with Gasteiger partial charge in [0.2, 0.25) is 0 Å². The number of amides is 2. The van der Waals surface area contributed by atoms with E-state index in [1.807, 2.05) is 23.2 Å². The first kappa shape index (κ1) is 18.1. The molecule has 1 atom stereocenters. The first-order valence-electron chi connectivity index (χ1n) is 10.3. The maximum Gasteiger partial charge on any atom is 0.317 e. The van der Waals surface area contributed by atoms with Crippen LogP contribution in [0.2, 0.25) is 0 Å². The number of benzene rings is 2. The van der Waals surface area contributed by atoms with Crippen molar-refractivity contribution in [3.63, 3.8) is 0 Å². The summed E-state index contributed by atoms with van der Waals surface area (Å²) >= 11 is 0. The van der Waals surface area contributed by atoms with Gasteiger partial charge < -0.3 is 15.0 Å². The monoisotopic (exact) mass is 387 g/mol. The number of nitrogens with zero attached hydrogens (tertiary/aromatic N) is 2. The van der Waals surface area contributed by atoms with Crippen LogP contribution >= 0.6 is 0 Å². The fourth-order valence-corrected chi connectivity index (χ4v) is 4.71. The van der Waals surface area contributed by atoms with Crippen molar-refractivity contribution in [2.45, 2.75) is 24.9 Å². The molecule has 29 heavy (non-hydrogen) atoms. The second-order valence-corrected chi connectivity index (χ2v) is 7.90. The molecule has 1 unspecified atom stereocenters. The Hall–Kier alpha value is -2.92. The van der Waals surface area contributed by atoms with Crippen LogP contribution < -0.4 is 5.32 Å². The second-order valence-electron chi connectivity index (χ2n) is 7.90. The molecular weight excluding hydrogens is 362 g/mol. The number of aryl methyl sites for hydroxylation is 1. The third kappa shape index (κ3) is 3.36. The van der Waals surface area contributed by atoms with Gasteiger partial charge in [-0.25, -0.2) is 4.79 Å². The molecule has 0 bridgehead atoms. The van der Waals surface area contributed by atoms with Crippen LogP contribution in [0.5, 0.6) is 0 Å². The van der Waals surface area contributed by atoms with Crippen LogP contribution in [0.3, 0.4) is 0 Å². The van der Waals surface area contributed by atoms with Gasteiger partial charge in [0.1, 0.15) is 5.60 Å². The van der Waals surface area contributed by atoms with E-state index in [2.05, 4.69) is 52.8 Å². The van der Waals surface area contributed by atoms with Crippen molar-refractivity contribution in [3.8, 4) is 0 Å². The van der Waals surface area contributed by atoms with E-state index in [-0.39, 0.29) is 11.6 Å². The molecule has 148 valence electrons. The summed E-state index contributed by atoms with van der Waals surface area (Å²) in [5.74, 6) is 0. The van der Waals surface area contributed by atoms with E-state index in [1.165, 1.54) is 11.1 Å². The maximum absolute atomic E-state index is 12.8. The summed E-state index contributed by atoms with van der Waals surface area (Å²) in [6, 6.07) is 18.7. The van der Waals surface area contributed by atoms with Crippen molar-refractivity contribution in [1.29, 1.82) is 0 Å². The Morgan fingerprint density at radius 1 is 1.14 bits per heavy atom. The van der Waals surface area contributed by atoms with Crippen molar-refractivity contribution in [2.24, 2.45) is 0 Å². The Morgan fingerprint density at radius 2 is 2.03 bits per heavy atom. The van der Waals surface area contributed by atoms with Crippen LogP contribution in [0, 0.1) is 0 Å². The number of urea groups is 1. The van der Waals surface area contributed by atoms with E-state index >= 15 is 0 Å². The molecule has 0 radical (unpaired) electrons. The number of hydrogen-bond acceptors (Lipinski definition) is 3. The molecule has 1 saturated heterocycles. The molecule has 3 aromatic rings. The molecule has 5 heteroatoms. The number of carbonyl (C=O) groups is 1. The molecule has 1 aromatic heterocycles. The van der Waals surface area contributed by atoms with Crippen LogP contribution in [0.1, 0.15) is 23.1 Å². The van der Waals surface area contributed by atoms with Gasteiger partial charge in [0.15, 0.2) is 0 Å². The maximum atomic E-state index is 12.8. The van der Waals surface area contributed by atoms with Crippen molar-refractivity contribution in [3.05, 3.63) is 77.5 Å². The van der Waals surface area contributed by atoms with Gasteiger partial charge in [0, 0.05) is 24.7 Å². The number of hydrogen-bond donors (Lipinski definition) is 1. The van der Waals surface area contributed by atoms with E-state index in [9.17, 15) is 4.79 Å². The predicted molar refractivity (Wildman–Crippen MR) is 113 cm³/mol. The molecule has 1 fully saturated rings. The van der Waals surface area contributed by atoms with Gasteiger partial charge >= 0.3 is 6.03 Å². The normalized spacial score (nSPS) is 20.8. The van der Waals surface area contributed by atoms with E-state index in [1.54, 1.807) is 0 Å². The number of fused-ring (bicyclic) bond motifs is 3. The first-order valence-corrected chi connectivity index (χ1v) is 10.3. The number of nitrogens with one attached hydrogen (secondary N) is 1. The molecule has 1 aliphatic carbocycles. The Morgan fingerprint density at radius 3 is 3.00 bits per heavy atom. The lowest BCUT2D eigenvalue weighted by Gasteiger charge is -2.41. The Kier molecular flexibility index (Phi) is 4.68. The van der Waals surface area contributed by atoms with E-state index in [0.29, 0.717) is 26.2 Å². The summed E-state index contributed by atoms with van der Waals surface area (Å²) in [6.07, 6.45) is 4.53. The molecule has 1 aliphatic heterocycles. The third-order valence-electron chi connectivity index (χ3n) is 6.17. The summed E-state index contributed by atoms with van der Waals surface area (Å²) in [6.45, 7) is 2.42. The molecule has 5 rings (SSSR count). The molecular formula is C24H25N3O2. The first-order chi connectivity index (χ1) is 14.3. The lowest BCUT2D eigenvalue weighted by molar-refractivity contribution is -0.101. The minimum atomic E-state index is -0.342. The lowest BCUT2D eigenvalue weighted by atomic mass is 9.94. The number of rotatable bonds is 3. The average molecular weight is 387 g/mol. The second kappa shape index (κ2) is 7.48. The minimum Gasteiger partial charge on any atom is -0.367 e. The van der Waals surface area contributed by atoms with Crippen molar-refractivity contribution in [2.75, 3.05) is 26.2 Å². The van der Waals surface area contributed by atoms with E-state index in [4.69, 9.17) is 4.74 Å². The summed E-state index contributed by atoms with van der Waals surface area (Å²) in [4.78, 5) is 19.3. The van der Waals surface area contributed by atoms with E-state index in [0.717, 1.165) is 35.7 Å². The zero-order valence-electron chi connectivity index (χ0n) is 16.4. The minimum absolute atomic E-state index is 0.00903. The molecule has 0 saturated carbocycles. The van der Waals surface area contributed by atoms with Gasteiger partial charge in [0.05, 0.1) is 18.7 Å². The van der Waals surface area contributed by atoms with Gasteiger partial charge in [-0.05, 0) is 42.0 Å². The van der Waals surface area contributed by atoms with Crippen molar-refractivity contribution >= 4 is 16.9 Å². The number of aromatic nitrogens is 1. The zero-order valence-corrected chi connectivity index (χ0v) is 16.4. The molecule has 2 amide bonds. The van der Waals surface area contributed by atoms with E-state index < -0.39 is 0 Å². The summed E-state index contributed by atoms with van der Waals surface area (Å²) < 4.78 is 6.23. The highest BCUT2D eigenvalue weighted by molar-refractivity contribution is 5.81. The van der Waals surface area contributed by atoms with Crippen molar-refractivity contribution in [1.82, 2.24) is 15.2 Å². The summed E-state index contributed by atoms with van der Waals surface area (Å²) in [5.41, 5.74) is 4.42. The van der Waals surface area contributed by atoms with Gasteiger partial charge in [-0.15, -0.1) is 0 Å². The Bertz CT molecular complexity index is 1040. The van der Waals surface area contributed by atoms with Gasteiger partial charge in [-0.2, -0.15) is 0 Å². The fraction of sp³-hybridized carbons (Fsp3) is 0.333. The number of carbonyl (C=O) groups excluding carboxylic acids is 1. The van der Waals surface area contributed by atoms with Crippen LogP contribution in [-0.2, 0) is 23.2 Å². The topological polar surface area (TPSA) is 54.5 Å². The third-order valence-corrected chi connectivity index (χ3v) is 6.17. The molecule has 1 spiro atoms. The highest BCUT2D eigenvalue weighted by Gasteiger charge is 2.44. The summed E-state index contributed by atoms with van der Waals surface area (Å²) in [5, 5.41) is 4.23. The van der Waals surface area contributed by atoms with Crippen LogP contribution in [-0.4, -0.2) is 42.2 Å². The lowest BCUT2D eigenvalue weighted by Crippen LogP contribution is -2.54. The molecule has 1 N–H and O–H groups in total. The highest BCUT2D eigenvalue weighted by atomic mass is 16.5. The largest absolute Gasteiger partial charge is 0.367 e. The van der Waals surface area contributed by atoms with Crippen molar-refractivity contribution < 1.29 is 9.53 Å². The smallest absolute Gasteiger partial charge is 0.317 e. The highest BCUT2D eigenvalue weighted by Crippen LogP contribution is 2.42. The average Bonchev–Trinajstić information content (AvgIpc) is 3.12. The van der Waals surface area contributed by atoms with Gasteiger partial charge in [-0.3, -0.25) is 4.98 Å². The van der Waals surface area contributed by atoms with Gasteiger partial charge in [0.25, 0.3) is 0 Å². The summed E-state index contributed by atoms with van der Waals surface area (Å²) in [7, 11) is 0. The molecule has 2 aromatic carbocycles. The fourth-order valence-electron chi connectivity index (χ4n) is 4.71. The Labute approximate surface area is 170 Å². The predicted octanol–water partition coefficient (Wildman–Crippen LogP) is 3.66. The number of pyridine rings is 1. The quantitative estimate of drug-likeness (QED) is 0.746. The van der Waals surface area contributed by atoms with Crippen LogP contribution in [0.25, 0.3) is 10.9 Å². The number of para-hydroxylation sites is 1. The molecule has 2 heterocycles. The Balaban J connectivity index is 1.24.